The molecular weight excluding hydrogens is 455 g/mol. The predicted molar refractivity (Wildman–Crippen MR) is 120 cm³/mol. The summed E-state index contributed by atoms with van der Waals surface area (Å²) in [5.74, 6) is 4.88. The van der Waals surface area contributed by atoms with Gasteiger partial charge in [0.05, 0.1) is 25.9 Å². The molecule has 2 aromatic rings. The van der Waals surface area contributed by atoms with Gasteiger partial charge in [-0.15, -0.1) is 11.3 Å². The van der Waals surface area contributed by atoms with E-state index in [0.29, 0.717) is 41.7 Å². The van der Waals surface area contributed by atoms with Crippen molar-refractivity contribution < 1.29 is 18.7 Å². The molecule has 0 saturated carbocycles. The molecule has 1 fully saturated rings. The van der Waals surface area contributed by atoms with Gasteiger partial charge in [-0.3, -0.25) is 9.89 Å². The van der Waals surface area contributed by atoms with Gasteiger partial charge in [-0.1, -0.05) is 23.6 Å². The molecule has 4 rings (SSSR count). The van der Waals surface area contributed by atoms with Crippen molar-refractivity contribution in [3.05, 3.63) is 62.5 Å². The Morgan fingerprint density at radius 1 is 1.44 bits per heavy atom. The molecule has 1 unspecified atom stereocenters. The van der Waals surface area contributed by atoms with E-state index < -0.39 is 17.8 Å². The smallest absolute Gasteiger partial charge is 0.384 e. The number of nitrogens with zero attached hydrogens (tertiary/aromatic N) is 3. The maximum Gasteiger partial charge on any atom is 0.384 e. The van der Waals surface area contributed by atoms with Crippen LogP contribution in [0.25, 0.3) is 0 Å². The van der Waals surface area contributed by atoms with Gasteiger partial charge in [0.1, 0.15) is 11.9 Å². The van der Waals surface area contributed by atoms with Crippen molar-refractivity contribution in [3.63, 3.8) is 0 Å². The number of hydrogen-bond donors (Lipinski definition) is 1. The van der Waals surface area contributed by atoms with Crippen LogP contribution in [0.4, 0.5) is 4.39 Å². The number of amidine groups is 1. The van der Waals surface area contributed by atoms with Crippen molar-refractivity contribution in [2.24, 2.45) is 4.99 Å². The molecule has 0 spiro atoms. The van der Waals surface area contributed by atoms with Crippen LogP contribution in [0.15, 0.2) is 46.0 Å². The lowest BCUT2D eigenvalue weighted by molar-refractivity contribution is -0.133. The van der Waals surface area contributed by atoms with Crippen LogP contribution in [0.5, 0.6) is 0 Å². The van der Waals surface area contributed by atoms with Gasteiger partial charge < -0.3 is 14.8 Å². The summed E-state index contributed by atoms with van der Waals surface area (Å²) in [7, 11) is 1.27. The third-order valence-electron chi connectivity index (χ3n) is 4.99. The number of thiazole rings is 1. The van der Waals surface area contributed by atoms with Crippen LogP contribution < -0.4 is 5.32 Å². The Bertz CT molecular complexity index is 1120. The zero-order chi connectivity index (χ0) is 22.5. The molecule has 1 saturated heterocycles. The summed E-state index contributed by atoms with van der Waals surface area (Å²) in [6.45, 7) is 3.33. The van der Waals surface area contributed by atoms with Gasteiger partial charge in [-0.2, -0.15) is 0 Å². The maximum absolute atomic E-state index is 13.7. The largest absolute Gasteiger partial charge is 0.459 e. The number of carbonyl (C=O) groups is 1. The number of aromatic nitrogens is 1. The molecule has 1 N–H and O–H groups in total. The number of hydrogen-bond acceptors (Lipinski definition) is 8. The zero-order valence-corrected chi connectivity index (χ0v) is 18.8. The normalized spacial score (nSPS) is 19.0. The van der Waals surface area contributed by atoms with E-state index in [1.165, 1.54) is 30.6 Å². The van der Waals surface area contributed by atoms with E-state index in [9.17, 15) is 9.18 Å². The summed E-state index contributed by atoms with van der Waals surface area (Å²) in [6.07, 6.45) is 1.70. The van der Waals surface area contributed by atoms with Crippen LogP contribution in [-0.4, -0.2) is 61.6 Å². The minimum absolute atomic E-state index is 0.224. The average Bonchev–Trinajstić information content (AvgIpc) is 3.33. The molecule has 1 aromatic carbocycles. The fraction of sp³-hybridized carbons (Fsp3) is 0.318. The van der Waals surface area contributed by atoms with Crippen molar-refractivity contribution in [2.45, 2.75) is 6.04 Å². The second kappa shape index (κ2) is 10.2. The van der Waals surface area contributed by atoms with Crippen LogP contribution in [-0.2, 0) is 14.3 Å². The van der Waals surface area contributed by atoms with Gasteiger partial charge in [-0.05, 0) is 12.1 Å². The van der Waals surface area contributed by atoms with Crippen molar-refractivity contribution >= 4 is 34.7 Å². The number of halogens is 2. The Hall–Kier alpha value is -2.77. The first-order valence-electron chi connectivity index (χ1n) is 9.88. The summed E-state index contributed by atoms with van der Waals surface area (Å²) < 4.78 is 23.9. The van der Waals surface area contributed by atoms with Crippen molar-refractivity contribution in [2.75, 3.05) is 40.0 Å². The number of esters is 1. The minimum Gasteiger partial charge on any atom is -0.459 e. The highest BCUT2D eigenvalue weighted by Gasteiger charge is 2.29. The van der Waals surface area contributed by atoms with Crippen LogP contribution in [0.3, 0.4) is 0 Å². The van der Waals surface area contributed by atoms with Crippen LogP contribution in [0.2, 0.25) is 5.02 Å². The summed E-state index contributed by atoms with van der Waals surface area (Å²) in [5, 5.41) is 6.13. The predicted octanol–water partition coefficient (Wildman–Crippen LogP) is 2.79. The Kier molecular flexibility index (Phi) is 7.17. The van der Waals surface area contributed by atoms with Gasteiger partial charge in [0, 0.05) is 53.4 Å². The number of aliphatic imine (C=N–C) groups is 1. The second-order valence-electron chi connectivity index (χ2n) is 7.03. The van der Waals surface area contributed by atoms with E-state index >= 15 is 0 Å². The number of methoxy groups -OCH3 is 1. The molecule has 0 radical (unpaired) electrons. The third kappa shape index (κ3) is 5.16. The molecule has 0 aliphatic carbocycles. The molecule has 1 atom stereocenters. The molecule has 10 heteroatoms. The molecular formula is C22H20ClFN4O3S. The van der Waals surface area contributed by atoms with E-state index in [-0.39, 0.29) is 5.02 Å². The van der Waals surface area contributed by atoms with Crippen LogP contribution >= 0.6 is 22.9 Å². The summed E-state index contributed by atoms with van der Waals surface area (Å²) in [5.41, 5.74) is 1.92. The Labute approximate surface area is 193 Å². The first kappa shape index (κ1) is 22.4. The van der Waals surface area contributed by atoms with Crippen molar-refractivity contribution in [1.82, 2.24) is 15.2 Å². The summed E-state index contributed by atoms with van der Waals surface area (Å²) in [4.78, 5) is 23.2. The zero-order valence-electron chi connectivity index (χ0n) is 17.2. The summed E-state index contributed by atoms with van der Waals surface area (Å²) in [6, 6.07) is 3.51. The molecule has 7 nitrogen and oxygen atoms in total. The first-order valence-corrected chi connectivity index (χ1v) is 11.1. The molecule has 166 valence electrons. The molecule has 3 heterocycles. The Morgan fingerprint density at radius 3 is 2.94 bits per heavy atom. The average molecular weight is 475 g/mol. The fourth-order valence-corrected chi connectivity index (χ4v) is 4.28. The van der Waals surface area contributed by atoms with E-state index in [0.717, 1.165) is 18.8 Å². The monoisotopic (exact) mass is 474 g/mol. The highest BCUT2D eigenvalue weighted by molar-refractivity contribution is 7.11. The van der Waals surface area contributed by atoms with Gasteiger partial charge in [0.15, 0.2) is 10.8 Å². The Balaban J connectivity index is 1.82. The van der Waals surface area contributed by atoms with E-state index in [2.05, 4.69) is 31.8 Å². The molecule has 32 heavy (non-hydrogen) atoms. The quantitative estimate of drug-likeness (QED) is 0.417. The summed E-state index contributed by atoms with van der Waals surface area (Å²) >= 11 is 7.84. The van der Waals surface area contributed by atoms with Gasteiger partial charge in [-0.25, -0.2) is 14.2 Å². The highest BCUT2D eigenvalue weighted by atomic mass is 35.5. The van der Waals surface area contributed by atoms with Gasteiger partial charge in [0.2, 0.25) is 0 Å². The second-order valence-corrected chi connectivity index (χ2v) is 8.33. The van der Waals surface area contributed by atoms with E-state index in [1.807, 2.05) is 5.38 Å². The van der Waals surface area contributed by atoms with Gasteiger partial charge >= 0.3 is 5.97 Å². The number of benzene rings is 1. The standard InChI is InChI=1S/C22H20ClFN4O3S/c1-30-19(29)5-4-16-18(13-28-7-9-31-10-8-28)26-21(22-25-6-11-32-22)27-20(16)15-3-2-14(24)12-17(15)23/h2-3,6,11-12,20H,7-10,13H2,1H3,(H,26,27). The topological polar surface area (TPSA) is 76.0 Å². The SMILES string of the molecule is COC(=O)C#CC1=C(CN2CCOCC2)NC(c2nccs2)=NC1c1ccc(F)cc1Cl. The lowest BCUT2D eigenvalue weighted by Crippen LogP contribution is -2.42. The lowest BCUT2D eigenvalue weighted by atomic mass is 9.95. The van der Waals surface area contributed by atoms with E-state index in [1.54, 1.807) is 12.3 Å². The van der Waals surface area contributed by atoms with E-state index in [4.69, 9.17) is 21.3 Å². The van der Waals surface area contributed by atoms with Gasteiger partial charge in [0.25, 0.3) is 0 Å². The lowest BCUT2D eigenvalue weighted by Gasteiger charge is -2.31. The highest BCUT2D eigenvalue weighted by Crippen LogP contribution is 2.36. The molecule has 1 aromatic heterocycles. The van der Waals surface area contributed by atoms with Crippen molar-refractivity contribution in [1.29, 1.82) is 0 Å². The number of ether oxygens (including phenoxy) is 2. The maximum atomic E-state index is 13.7. The number of morpholine rings is 1. The molecule has 0 bridgehead atoms. The molecule has 2 aliphatic rings. The first-order chi connectivity index (χ1) is 15.5. The number of rotatable bonds is 4. The Morgan fingerprint density at radius 2 is 2.25 bits per heavy atom. The fourth-order valence-electron chi connectivity index (χ4n) is 3.42. The number of carbonyl (C=O) groups excluding carboxylic acids is 1. The minimum atomic E-state index is -0.665. The number of nitrogens with one attached hydrogen (secondary N) is 1. The molecule has 2 aliphatic heterocycles. The molecule has 0 amide bonds. The third-order valence-corrected chi connectivity index (χ3v) is 6.10. The van der Waals surface area contributed by atoms with Crippen molar-refractivity contribution in [3.8, 4) is 11.8 Å². The van der Waals surface area contributed by atoms with Crippen LogP contribution in [0.1, 0.15) is 16.6 Å². The van der Waals surface area contributed by atoms with Crippen LogP contribution in [0, 0.1) is 17.7 Å².